The summed E-state index contributed by atoms with van der Waals surface area (Å²) in [4.78, 5) is 16.3. The third kappa shape index (κ3) is 4.41. The Morgan fingerprint density at radius 2 is 1.83 bits per heavy atom. The van der Waals surface area contributed by atoms with E-state index < -0.39 is 11.8 Å². The maximum atomic E-state index is 13.4. The number of benzene rings is 3. The van der Waals surface area contributed by atoms with Crippen molar-refractivity contribution in [2.45, 2.75) is 13.5 Å². The Morgan fingerprint density at radius 3 is 2.59 bits per heavy atom. The number of halogens is 1. The lowest BCUT2D eigenvalue weighted by Gasteiger charge is -2.08. The first-order valence-corrected chi connectivity index (χ1v) is 9.14. The van der Waals surface area contributed by atoms with Crippen LogP contribution in [0.4, 0.5) is 4.39 Å². The van der Waals surface area contributed by atoms with Gasteiger partial charge in [0, 0.05) is 5.56 Å². The molecule has 0 aliphatic carbocycles. The van der Waals surface area contributed by atoms with Crippen LogP contribution in [0.5, 0.6) is 5.75 Å². The van der Waals surface area contributed by atoms with Crippen molar-refractivity contribution in [1.29, 1.82) is 0 Å². The molecule has 3 aromatic rings. The first kappa shape index (κ1) is 18.6. The molecule has 0 fully saturated rings. The van der Waals surface area contributed by atoms with Crippen molar-refractivity contribution < 1.29 is 18.7 Å². The number of nitrogens with zero attached hydrogens (tertiary/aromatic N) is 1. The minimum Gasteiger partial charge on any atom is -0.489 e. The predicted octanol–water partition coefficient (Wildman–Crippen LogP) is 5.06. The van der Waals surface area contributed by atoms with E-state index in [2.05, 4.69) is 4.99 Å². The van der Waals surface area contributed by atoms with Crippen LogP contribution in [0.2, 0.25) is 0 Å². The second-order valence-corrected chi connectivity index (χ2v) is 6.63. The lowest BCUT2D eigenvalue weighted by molar-refractivity contribution is -0.129. The number of ether oxygens (including phenoxy) is 2. The number of carbonyl (C=O) groups is 1. The molecule has 0 atom stereocenters. The molecule has 0 radical (unpaired) electrons. The van der Waals surface area contributed by atoms with E-state index in [1.807, 2.05) is 55.5 Å². The number of aryl methyl sites for hydroxylation is 1. The topological polar surface area (TPSA) is 47.9 Å². The third-order valence-corrected chi connectivity index (χ3v) is 4.53. The Labute approximate surface area is 167 Å². The highest BCUT2D eigenvalue weighted by molar-refractivity contribution is 6.12. The highest BCUT2D eigenvalue weighted by Gasteiger charge is 2.24. The van der Waals surface area contributed by atoms with Crippen LogP contribution in [0.15, 0.2) is 83.5 Å². The number of esters is 1. The summed E-state index contributed by atoms with van der Waals surface area (Å²) in [5.74, 6) is -0.156. The molecule has 29 heavy (non-hydrogen) atoms. The molecule has 1 heterocycles. The van der Waals surface area contributed by atoms with Crippen LogP contribution < -0.4 is 4.74 Å². The second-order valence-electron chi connectivity index (χ2n) is 6.63. The summed E-state index contributed by atoms with van der Waals surface area (Å²) in [7, 11) is 0. The van der Waals surface area contributed by atoms with Gasteiger partial charge in [0.15, 0.2) is 5.70 Å². The van der Waals surface area contributed by atoms with Crippen LogP contribution in [0.25, 0.3) is 6.08 Å². The van der Waals surface area contributed by atoms with Crippen LogP contribution in [-0.2, 0) is 16.1 Å². The fourth-order valence-corrected chi connectivity index (χ4v) is 2.91. The fraction of sp³-hybridized carbons (Fsp3) is 0.0833. The fourth-order valence-electron chi connectivity index (χ4n) is 2.91. The van der Waals surface area contributed by atoms with Crippen LogP contribution in [0, 0.1) is 12.7 Å². The molecule has 0 aromatic heterocycles. The average molecular weight is 387 g/mol. The molecule has 0 bridgehead atoms. The van der Waals surface area contributed by atoms with Gasteiger partial charge in [-0.25, -0.2) is 14.2 Å². The molecule has 0 unspecified atom stereocenters. The average Bonchev–Trinajstić information content (AvgIpc) is 3.09. The Morgan fingerprint density at radius 1 is 1.03 bits per heavy atom. The predicted molar refractivity (Wildman–Crippen MR) is 109 cm³/mol. The van der Waals surface area contributed by atoms with E-state index in [9.17, 15) is 9.18 Å². The summed E-state index contributed by atoms with van der Waals surface area (Å²) in [6.07, 6.45) is 1.62. The monoisotopic (exact) mass is 387 g/mol. The van der Waals surface area contributed by atoms with Crippen LogP contribution in [-0.4, -0.2) is 11.9 Å². The molecule has 0 saturated carbocycles. The summed E-state index contributed by atoms with van der Waals surface area (Å²) in [6.45, 7) is 2.54. The molecular weight excluding hydrogens is 369 g/mol. The molecule has 1 aliphatic heterocycles. The molecular formula is C24H18FNO3. The number of hydrogen-bond acceptors (Lipinski definition) is 4. The van der Waals surface area contributed by atoms with Gasteiger partial charge in [0.25, 0.3) is 0 Å². The smallest absolute Gasteiger partial charge is 0.363 e. The van der Waals surface area contributed by atoms with E-state index in [4.69, 9.17) is 9.47 Å². The van der Waals surface area contributed by atoms with Gasteiger partial charge in [0.1, 0.15) is 18.2 Å². The molecule has 144 valence electrons. The van der Waals surface area contributed by atoms with Crippen LogP contribution in [0.3, 0.4) is 0 Å². The lowest BCUT2D eigenvalue weighted by atomic mass is 10.1. The van der Waals surface area contributed by atoms with Crippen molar-refractivity contribution >= 4 is 17.9 Å². The first-order valence-electron chi connectivity index (χ1n) is 9.14. The molecule has 0 N–H and O–H groups in total. The summed E-state index contributed by atoms with van der Waals surface area (Å²) in [5.41, 5.74) is 3.68. The van der Waals surface area contributed by atoms with Gasteiger partial charge in [0.2, 0.25) is 5.90 Å². The largest absolute Gasteiger partial charge is 0.489 e. The summed E-state index contributed by atoms with van der Waals surface area (Å²) in [5, 5.41) is 0. The van der Waals surface area contributed by atoms with Crippen molar-refractivity contribution in [2.24, 2.45) is 4.99 Å². The summed E-state index contributed by atoms with van der Waals surface area (Å²) < 4.78 is 24.4. The highest BCUT2D eigenvalue weighted by Crippen LogP contribution is 2.21. The molecule has 3 aromatic carbocycles. The molecule has 4 nitrogen and oxygen atoms in total. The van der Waals surface area contributed by atoms with Gasteiger partial charge in [-0.1, -0.05) is 42.5 Å². The van der Waals surface area contributed by atoms with E-state index in [0.717, 1.165) is 16.9 Å². The van der Waals surface area contributed by atoms with Crippen molar-refractivity contribution in [3.8, 4) is 5.75 Å². The van der Waals surface area contributed by atoms with Crippen LogP contribution >= 0.6 is 0 Å². The van der Waals surface area contributed by atoms with Crippen molar-refractivity contribution in [2.75, 3.05) is 0 Å². The lowest BCUT2D eigenvalue weighted by Crippen LogP contribution is -2.05. The summed E-state index contributed by atoms with van der Waals surface area (Å²) >= 11 is 0. The Hall–Kier alpha value is -3.73. The van der Waals surface area contributed by atoms with Gasteiger partial charge < -0.3 is 9.47 Å². The van der Waals surface area contributed by atoms with Crippen molar-refractivity contribution in [1.82, 2.24) is 0 Å². The molecule has 4 rings (SSSR count). The zero-order valence-electron chi connectivity index (χ0n) is 15.8. The van der Waals surface area contributed by atoms with Gasteiger partial charge in [-0.15, -0.1) is 0 Å². The third-order valence-electron chi connectivity index (χ3n) is 4.53. The SMILES string of the molecule is Cc1ccccc1COc1ccc(/C=C2\N=C(c3cccc(F)c3)OC2=O)cc1. The first-order chi connectivity index (χ1) is 14.1. The van der Waals surface area contributed by atoms with Gasteiger partial charge in [-0.2, -0.15) is 0 Å². The molecule has 5 heteroatoms. The number of carbonyl (C=O) groups excluding carboxylic acids is 1. The van der Waals surface area contributed by atoms with Gasteiger partial charge >= 0.3 is 5.97 Å². The van der Waals surface area contributed by atoms with Gasteiger partial charge in [-0.05, 0) is 60.0 Å². The number of aliphatic imine (C=N–C) groups is 1. The van der Waals surface area contributed by atoms with Crippen LogP contribution in [0.1, 0.15) is 22.3 Å². The summed E-state index contributed by atoms with van der Waals surface area (Å²) in [6, 6.07) is 21.2. The Balaban J connectivity index is 1.47. The zero-order chi connectivity index (χ0) is 20.2. The van der Waals surface area contributed by atoms with Gasteiger partial charge in [0.05, 0.1) is 0 Å². The zero-order valence-corrected chi connectivity index (χ0v) is 15.8. The number of cyclic esters (lactones) is 1. The quantitative estimate of drug-likeness (QED) is 0.454. The number of rotatable bonds is 5. The van der Waals surface area contributed by atoms with Gasteiger partial charge in [-0.3, -0.25) is 0 Å². The highest BCUT2D eigenvalue weighted by atomic mass is 19.1. The maximum absolute atomic E-state index is 13.4. The minimum atomic E-state index is -0.566. The molecule has 1 aliphatic rings. The Kier molecular flexibility index (Phi) is 5.20. The normalized spacial score (nSPS) is 14.6. The van der Waals surface area contributed by atoms with E-state index in [1.165, 1.54) is 17.7 Å². The maximum Gasteiger partial charge on any atom is 0.363 e. The Bertz CT molecular complexity index is 1120. The van der Waals surface area contributed by atoms with Crippen molar-refractivity contribution in [3.63, 3.8) is 0 Å². The standard InChI is InChI=1S/C24H18FNO3/c1-16-5-2-3-6-19(16)15-28-21-11-9-17(10-12-21)13-22-24(27)29-23(26-22)18-7-4-8-20(25)14-18/h2-14H,15H2,1H3/b22-13-. The van der Waals surface area contributed by atoms with E-state index in [1.54, 1.807) is 18.2 Å². The van der Waals surface area contributed by atoms with E-state index in [0.29, 0.717) is 12.2 Å². The second kappa shape index (κ2) is 8.10. The van der Waals surface area contributed by atoms with Crippen molar-refractivity contribution in [3.05, 3.63) is 107 Å². The molecule has 0 spiro atoms. The molecule has 0 amide bonds. The number of hydrogen-bond donors (Lipinski definition) is 0. The minimum absolute atomic E-state index is 0.0962. The van der Waals surface area contributed by atoms with E-state index in [-0.39, 0.29) is 11.6 Å². The van der Waals surface area contributed by atoms with E-state index >= 15 is 0 Å². The molecule has 0 saturated heterocycles.